The van der Waals surface area contributed by atoms with Gasteiger partial charge in [-0.3, -0.25) is 4.79 Å². The maximum absolute atomic E-state index is 12.3. The van der Waals surface area contributed by atoms with Crippen LogP contribution in [0.1, 0.15) is 18.8 Å². The average Bonchev–Trinajstić information content (AvgIpc) is 2.72. The number of nitrogens with two attached hydrogens (primary N) is 1. The fourth-order valence-electron chi connectivity index (χ4n) is 3.44. The van der Waals surface area contributed by atoms with Crippen LogP contribution in [0.4, 0.5) is 17.1 Å². The van der Waals surface area contributed by atoms with Gasteiger partial charge in [-0.25, -0.2) is 9.97 Å². The molecule has 0 saturated carbocycles. The number of ether oxygens (including phenoxy) is 1. The van der Waals surface area contributed by atoms with E-state index in [-0.39, 0.29) is 11.6 Å². The molecule has 1 aliphatic rings. The predicted molar refractivity (Wildman–Crippen MR) is 111 cm³/mol. The third kappa shape index (κ3) is 3.50. The van der Waals surface area contributed by atoms with E-state index in [0.29, 0.717) is 11.5 Å². The maximum Gasteiger partial charge on any atom is 0.252 e. The number of aryl methyl sites for hydroxylation is 1. The number of nitrogen functional groups attached to an aromatic ring is 1. The number of pyridine rings is 1. The van der Waals surface area contributed by atoms with Gasteiger partial charge in [-0.1, -0.05) is 0 Å². The molecule has 3 N–H and O–H groups in total. The lowest BCUT2D eigenvalue weighted by Crippen LogP contribution is -2.36. The Morgan fingerprint density at radius 1 is 1.18 bits per heavy atom. The Balaban J connectivity index is 1.60. The zero-order chi connectivity index (χ0) is 19.7. The van der Waals surface area contributed by atoms with Gasteiger partial charge in [0.1, 0.15) is 5.82 Å². The molecule has 3 aromatic rings. The Labute approximate surface area is 163 Å². The lowest BCUT2D eigenvalue weighted by atomic mass is 10.1. The van der Waals surface area contributed by atoms with Crippen LogP contribution in [0.25, 0.3) is 10.9 Å². The van der Waals surface area contributed by atoms with E-state index in [1.807, 2.05) is 31.5 Å². The van der Waals surface area contributed by atoms with E-state index < -0.39 is 0 Å². The number of morpholine rings is 1. The molecule has 2 aromatic heterocycles. The number of hydrogen-bond acceptors (Lipinski definition) is 7. The van der Waals surface area contributed by atoms with Gasteiger partial charge < -0.3 is 25.3 Å². The lowest BCUT2D eigenvalue weighted by Gasteiger charge is -2.28. The van der Waals surface area contributed by atoms with Crippen LogP contribution in [0.15, 0.2) is 41.5 Å². The second-order valence-electron chi connectivity index (χ2n) is 7.00. The fourth-order valence-corrected chi connectivity index (χ4v) is 3.44. The number of anilines is 3. The molecule has 1 aliphatic heterocycles. The summed E-state index contributed by atoms with van der Waals surface area (Å²) >= 11 is 0. The van der Waals surface area contributed by atoms with Gasteiger partial charge in [0.05, 0.1) is 42.9 Å². The standard InChI is InChI=1S/C20H24N6O2/c1-13(20-22-11-15(12-23-20)26-5-7-28-8-6-26)24-17-10-19(27)25(2)18-4-3-14(21)9-16(17)18/h3-4,9-13,24H,5-8,21H2,1-2H3. The molecule has 3 heterocycles. The van der Waals surface area contributed by atoms with E-state index in [4.69, 9.17) is 10.5 Å². The first kappa shape index (κ1) is 18.2. The molecule has 0 bridgehead atoms. The minimum Gasteiger partial charge on any atom is -0.399 e. The van der Waals surface area contributed by atoms with Crippen LogP contribution in [0, 0.1) is 0 Å². The highest BCUT2D eigenvalue weighted by Crippen LogP contribution is 2.26. The van der Waals surface area contributed by atoms with Crippen molar-refractivity contribution in [1.29, 1.82) is 0 Å². The van der Waals surface area contributed by atoms with E-state index in [1.54, 1.807) is 23.7 Å². The molecule has 146 valence electrons. The van der Waals surface area contributed by atoms with Gasteiger partial charge in [0.25, 0.3) is 5.56 Å². The topological polar surface area (TPSA) is 98.3 Å². The molecule has 0 spiro atoms. The summed E-state index contributed by atoms with van der Waals surface area (Å²) in [6.45, 7) is 5.10. The number of nitrogens with zero attached hydrogens (tertiary/aromatic N) is 4. The molecule has 8 heteroatoms. The summed E-state index contributed by atoms with van der Waals surface area (Å²) in [6.07, 6.45) is 3.68. The second-order valence-corrected chi connectivity index (χ2v) is 7.00. The van der Waals surface area contributed by atoms with Crippen LogP contribution in [-0.2, 0) is 11.8 Å². The SMILES string of the molecule is CC(Nc1cc(=O)n(C)c2ccc(N)cc12)c1ncc(N2CCOCC2)cn1. The van der Waals surface area contributed by atoms with Crippen LogP contribution in [0.3, 0.4) is 0 Å². The molecule has 1 aromatic carbocycles. The van der Waals surface area contributed by atoms with E-state index in [9.17, 15) is 4.79 Å². The maximum atomic E-state index is 12.3. The monoisotopic (exact) mass is 380 g/mol. The highest BCUT2D eigenvalue weighted by Gasteiger charge is 2.15. The van der Waals surface area contributed by atoms with Gasteiger partial charge in [0, 0.05) is 43.0 Å². The summed E-state index contributed by atoms with van der Waals surface area (Å²) in [5.41, 5.74) is 9.05. The molecule has 0 radical (unpaired) electrons. The molecule has 28 heavy (non-hydrogen) atoms. The Bertz CT molecular complexity index is 1040. The number of aromatic nitrogens is 3. The zero-order valence-corrected chi connectivity index (χ0v) is 16.1. The molecule has 0 aliphatic carbocycles. The van der Waals surface area contributed by atoms with E-state index in [1.165, 1.54) is 0 Å². The normalized spacial score (nSPS) is 15.6. The molecule has 1 fully saturated rings. The summed E-state index contributed by atoms with van der Waals surface area (Å²) in [5, 5.41) is 4.26. The van der Waals surface area contributed by atoms with E-state index in [2.05, 4.69) is 20.2 Å². The Kier molecular flexibility index (Phi) is 4.87. The van der Waals surface area contributed by atoms with Gasteiger partial charge in [-0.15, -0.1) is 0 Å². The summed E-state index contributed by atoms with van der Waals surface area (Å²) < 4.78 is 6.99. The summed E-state index contributed by atoms with van der Waals surface area (Å²) in [7, 11) is 1.75. The van der Waals surface area contributed by atoms with Crippen molar-refractivity contribution in [3.05, 3.63) is 52.8 Å². The third-order valence-corrected chi connectivity index (χ3v) is 5.06. The molecule has 1 unspecified atom stereocenters. The minimum atomic E-state index is -0.171. The number of rotatable bonds is 4. The van der Waals surface area contributed by atoms with Gasteiger partial charge in [-0.2, -0.15) is 0 Å². The molecule has 1 atom stereocenters. The van der Waals surface area contributed by atoms with E-state index in [0.717, 1.165) is 48.6 Å². The molecule has 8 nitrogen and oxygen atoms in total. The lowest BCUT2D eigenvalue weighted by molar-refractivity contribution is 0.122. The van der Waals surface area contributed by atoms with Crippen molar-refractivity contribution in [2.45, 2.75) is 13.0 Å². The number of nitrogens with one attached hydrogen (secondary N) is 1. The first-order valence-corrected chi connectivity index (χ1v) is 9.33. The molecule has 4 rings (SSSR count). The third-order valence-electron chi connectivity index (χ3n) is 5.06. The average molecular weight is 380 g/mol. The second kappa shape index (κ2) is 7.47. The molecular weight excluding hydrogens is 356 g/mol. The first-order valence-electron chi connectivity index (χ1n) is 9.33. The van der Waals surface area contributed by atoms with Gasteiger partial charge in [-0.05, 0) is 25.1 Å². The Hall–Kier alpha value is -3.13. The fraction of sp³-hybridized carbons (Fsp3) is 0.350. The Morgan fingerprint density at radius 3 is 2.61 bits per heavy atom. The van der Waals surface area contributed by atoms with E-state index >= 15 is 0 Å². The molecular formula is C20H24N6O2. The predicted octanol–water partition coefficient (Wildman–Crippen LogP) is 1.92. The minimum absolute atomic E-state index is 0.0874. The summed E-state index contributed by atoms with van der Waals surface area (Å²) in [5.74, 6) is 0.662. The first-order chi connectivity index (χ1) is 13.5. The van der Waals surface area contributed by atoms with Crippen molar-refractivity contribution in [3.8, 4) is 0 Å². The number of benzene rings is 1. The summed E-state index contributed by atoms with van der Waals surface area (Å²) in [6, 6.07) is 6.93. The van der Waals surface area contributed by atoms with Crippen molar-refractivity contribution in [2.75, 3.05) is 42.3 Å². The Morgan fingerprint density at radius 2 is 1.89 bits per heavy atom. The summed E-state index contributed by atoms with van der Waals surface area (Å²) in [4.78, 5) is 23.6. The van der Waals surface area contributed by atoms with Crippen molar-refractivity contribution in [2.24, 2.45) is 7.05 Å². The van der Waals surface area contributed by atoms with Gasteiger partial charge >= 0.3 is 0 Å². The highest BCUT2D eigenvalue weighted by molar-refractivity contribution is 5.93. The smallest absolute Gasteiger partial charge is 0.252 e. The van der Waals surface area contributed by atoms with Crippen LogP contribution in [0.5, 0.6) is 0 Å². The van der Waals surface area contributed by atoms with Gasteiger partial charge in [0.2, 0.25) is 0 Å². The van der Waals surface area contributed by atoms with Crippen molar-refractivity contribution in [3.63, 3.8) is 0 Å². The van der Waals surface area contributed by atoms with Crippen LogP contribution < -0.4 is 21.5 Å². The van der Waals surface area contributed by atoms with Crippen molar-refractivity contribution < 1.29 is 4.74 Å². The van der Waals surface area contributed by atoms with Crippen molar-refractivity contribution >= 4 is 28.0 Å². The zero-order valence-electron chi connectivity index (χ0n) is 16.1. The molecule has 1 saturated heterocycles. The largest absolute Gasteiger partial charge is 0.399 e. The number of fused-ring (bicyclic) bond motifs is 1. The van der Waals surface area contributed by atoms with Crippen LogP contribution in [0.2, 0.25) is 0 Å². The van der Waals surface area contributed by atoms with Gasteiger partial charge in [0.15, 0.2) is 0 Å². The van der Waals surface area contributed by atoms with Crippen molar-refractivity contribution in [1.82, 2.24) is 14.5 Å². The number of hydrogen-bond donors (Lipinski definition) is 2. The molecule has 0 amide bonds. The highest BCUT2D eigenvalue weighted by atomic mass is 16.5. The quantitative estimate of drug-likeness (QED) is 0.667. The van der Waals surface area contributed by atoms with Crippen LogP contribution in [-0.4, -0.2) is 40.8 Å². The van der Waals surface area contributed by atoms with Crippen LogP contribution >= 0.6 is 0 Å².